The molecule has 1 aliphatic heterocycles. The van der Waals surface area contributed by atoms with Crippen LogP contribution in [0.3, 0.4) is 0 Å². The SMILES string of the molecule is C=C(c1ccccc1)c1c[nH]c2nc(N3CCC4(CC3)Cc3ccc(OC)cc3[C@H]4N)[nH]c(=O)c12. The summed E-state index contributed by atoms with van der Waals surface area (Å²) in [6.45, 7) is 5.79. The summed E-state index contributed by atoms with van der Waals surface area (Å²) in [7, 11) is 1.69. The number of nitrogens with one attached hydrogen (secondary N) is 2. The molecule has 0 saturated carbocycles. The highest BCUT2D eigenvalue weighted by atomic mass is 16.5. The van der Waals surface area contributed by atoms with Crippen LogP contribution < -0.4 is 20.9 Å². The van der Waals surface area contributed by atoms with E-state index in [0.29, 0.717) is 17.0 Å². The maximum absolute atomic E-state index is 13.2. The second-order valence-electron chi connectivity index (χ2n) is 9.73. The normalized spacial score (nSPS) is 18.7. The van der Waals surface area contributed by atoms with Gasteiger partial charge in [0.2, 0.25) is 5.95 Å². The van der Waals surface area contributed by atoms with Gasteiger partial charge in [0.25, 0.3) is 5.56 Å². The minimum absolute atomic E-state index is 0.0146. The molecule has 0 radical (unpaired) electrons. The van der Waals surface area contributed by atoms with Crippen LogP contribution in [0, 0.1) is 5.41 Å². The predicted octanol–water partition coefficient (Wildman–Crippen LogP) is 4.16. The van der Waals surface area contributed by atoms with E-state index in [1.54, 1.807) is 7.11 Å². The van der Waals surface area contributed by atoms with Crippen LogP contribution in [0.4, 0.5) is 5.95 Å². The van der Waals surface area contributed by atoms with Gasteiger partial charge in [0, 0.05) is 30.9 Å². The molecule has 1 atom stereocenters. The van der Waals surface area contributed by atoms with Crippen molar-refractivity contribution >= 4 is 22.6 Å². The van der Waals surface area contributed by atoms with E-state index >= 15 is 0 Å². The Hall–Kier alpha value is -3.84. The van der Waals surface area contributed by atoms with Crippen LogP contribution in [0.15, 0.2) is 66.1 Å². The summed E-state index contributed by atoms with van der Waals surface area (Å²) in [5, 5.41) is 0.540. The van der Waals surface area contributed by atoms with Gasteiger partial charge >= 0.3 is 0 Å². The maximum atomic E-state index is 13.2. The third-order valence-electron chi connectivity index (χ3n) is 7.93. The number of H-pyrrole nitrogens is 2. The number of nitrogens with zero attached hydrogens (tertiary/aromatic N) is 2. The molecule has 6 rings (SSSR count). The first-order chi connectivity index (χ1) is 17.0. The predicted molar refractivity (Wildman–Crippen MR) is 139 cm³/mol. The van der Waals surface area contributed by atoms with E-state index in [1.165, 1.54) is 11.1 Å². The monoisotopic (exact) mass is 467 g/mol. The Morgan fingerprint density at radius 2 is 1.97 bits per heavy atom. The lowest BCUT2D eigenvalue weighted by Gasteiger charge is -2.42. The summed E-state index contributed by atoms with van der Waals surface area (Å²) in [6, 6.07) is 16.1. The van der Waals surface area contributed by atoms with Gasteiger partial charge in [-0.15, -0.1) is 0 Å². The van der Waals surface area contributed by atoms with E-state index in [4.69, 9.17) is 15.5 Å². The molecule has 0 bridgehead atoms. The van der Waals surface area contributed by atoms with Gasteiger partial charge in [-0.25, -0.2) is 0 Å². The summed E-state index contributed by atoms with van der Waals surface area (Å²) < 4.78 is 5.41. The Labute approximate surface area is 203 Å². The largest absolute Gasteiger partial charge is 0.497 e. The molecule has 35 heavy (non-hydrogen) atoms. The summed E-state index contributed by atoms with van der Waals surface area (Å²) >= 11 is 0. The summed E-state index contributed by atoms with van der Waals surface area (Å²) in [5.74, 6) is 1.45. The Kier molecular flexibility index (Phi) is 5.04. The molecule has 2 aliphatic rings. The molecule has 1 spiro atoms. The molecule has 7 nitrogen and oxygen atoms in total. The number of fused-ring (bicyclic) bond motifs is 2. The fraction of sp³-hybridized carbons (Fsp3) is 0.286. The highest BCUT2D eigenvalue weighted by Gasteiger charge is 2.46. The minimum Gasteiger partial charge on any atom is -0.497 e. The number of benzene rings is 2. The number of methoxy groups -OCH3 is 1. The third kappa shape index (κ3) is 3.46. The molecular formula is C28H29N5O2. The van der Waals surface area contributed by atoms with E-state index in [0.717, 1.165) is 54.8 Å². The molecule has 2 aromatic carbocycles. The van der Waals surface area contributed by atoms with Crippen molar-refractivity contribution in [1.82, 2.24) is 15.0 Å². The highest BCUT2D eigenvalue weighted by molar-refractivity contribution is 5.94. The lowest BCUT2D eigenvalue weighted by Crippen LogP contribution is -2.45. The van der Waals surface area contributed by atoms with Gasteiger partial charge in [-0.3, -0.25) is 9.78 Å². The summed E-state index contributed by atoms with van der Waals surface area (Å²) in [6.07, 6.45) is 4.67. The van der Waals surface area contributed by atoms with Crippen LogP contribution in [0.1, 0.15) is 41.1 Å². The lowest BCUT2D eigenvalue weighted by molar-refractivity contribution is 0.187. The van der Waals surface area contributed by atoms with Crippen LogP contribution in [-0.2, 0) is 6.42 Å². The van der Waals surface area contributed by atoms with Gasteiger partial charge in [0.1, 0.15) is 11.4 Å². The van der Waals surface area contributed by atoms with Gasteiger partial charge < -0.3 is 20.4 Å². The number of aromatic amines is 2. The minimum atomic E-state index is -0.157. The number of rotatable bonds is 4. The number of aromatic nitrogens is 3. The molecular weight excluding hydrogens is 438 g/mol. The van der Waals surface area contributed by atoms with Crippen LogP contribution in [0.25, 0.3) is 16.6 Å². The number of hydrogen-bond donors (Lipinski definition) is 3. The fourth-order valence-electron chi connectivity index (χ4n) is 5.83. The van der Waals surface area contributed by atoms with Crippen molar-refractivity contribution in [3.8, 4) is 5.75 Å². The van der Waals surface area contributed by atoms with E-state index in [2.05, 4.69) is 33.6 Å². The summed E-state index contributed by atoms with van der Waals surface area (Å²) in [5.41, 5.74) is 12.3. The molecule has 3 heterocycles. The number of hydrogen-bond acceptors (Lipinski definition) is 5. The van der Waals surface area contributed by atoms with Crippen molar-refractivity contribution < 1.29 is 4.74 Å². The van der Waals surface area contributed by atoms with Crippen molar-refractivity contribution in [3.05, 3.63) is 93.9 Å². The molecule has 0 unspecified atom stereocenters. The Morgan fingerprint density at radius 1 is 1.20 bits per heavy atom. The molecule has 178 valence electrons. The average Bonchev–Trinajstić information content (AvgIpc) is 3.44. The van der Waals surface area contributed by atoms with Crippen molar-refractivity contribution in [3.63, 3.8) is 0 Å². The first-order valence-electron chi connectivity index (χ1n) is 12.0. The van der Waals surface area contributed by atoms with Crippen LogP contribution in [0.2, 0.25) is 0 Å². The second-order valence-corrected chi connectivity index (χ2v) is 9.73. The standard InChI is InChI=1S/C28H29N5O2/c1-17(18-6-4-3-5-7-18)22-16-30-25-23(22)26(34)32-27(31-25)33-12-10-28(11-13-33)15-19-8-9-20(35-2)14-21(19)24(28)29/h3-9,14,16,24H,1,10-13,15,29H2,2H3,(H2,30,31,32,34)/t24-/m1/s1. The zero-order chi connectivity index (χ0) is 24.2. The molecule has 1 saturated heterocycles. The van der Waals surface area contributed by atoms with Crippen molar-refractivity contribution in [2.75, 3.05) is 25.1 Å². The molecule has 0 amide bonds. The van der Waals surface area contributed by atoms with E-state index in [1.807, 2.05) is 42.6 Å². The van der Waals surface area contributed by atoms with Crippen molar-refractivity contribution in [2.45, 2.75) is 25.3 Å². The quantitative estimate of drug-likeness (QED) is 0.418. The molecule has 2 aromatic heterocycles. The number of anilines is 1. The van der Waals surface area contributed by atoms with Gasteiger partial charge in [-0.2, -0.15) is 4.98 Å². The number of piperidine rings is 1. The molecule has 1 aliphatic carbocycles. The molecule has 1 fully saturated rings. The molecule has 7 heteroatoms. The molecule has 4 N–H and O–H groups in total. The topological polar surface area (TPSA) is 100 Å². The van der Waals surface area contributed by atoms with E-state index < -0.39 is 0 Å². The van der Waals surface area contributed by atoms with Crippen LogP contribution in [-0.4, -0.2) is 35.2 Å². The lowest BCUT2D eigenvalue weighted by atomic mass is 9.73. The first kappa shape index (κ1) is 21.7. The Morgan fingerprint density at radius 3 is 2.71 bits per heavy atom. The highest BCUT2D eigenvalue weighted by Crippen LogP contribution is 2.51. The maximum Gasteiger partial charge on any atom is 0.262 e. The Balaban J connectivity index is 1.24. The van der Waals surface area contributed by atoms with Crippen molar-refractivity contribution in [2.24, 2.45) is 11.1 Å². The second kappa shape index (κ2) is 8.13. The first-order valence-corrected chi connectivity index (χ1v) is 12.0. The van der Waals surface area contributed by atoms with Gasteiger partial charge in [-0.1, -0.05) is 43.0 Å². The van der Waals surface area contributed by atoms with Gasteiger partial charge in [0.05, 0.1) is 12.5 Å². The van der Waals surface area contributed by atoms with E-state index in [9.17, 15) is 4.79 Å². The Bertz CT molecular complexity index is 1480. The van der Waals surface area contributed by atoms with Crippen molar-refractivity contribution in [1.29, 1.82) is 0 Å². The van der Waals surface area contributed by atoms with Crippen LogP contribution in [0.5, 0.6) is 5.75 Å². The smallest absolute Gasteiger partial charge is 0.262 e. The zero-order valence-electron chi connectivity index (χ0n) is 19.8. The van der Waals surface area contributed by atoms with E-state index in [-0.39, 0.29) is 17.0 Å². The van der Waals surface area contributed by atoms with Gasteiger partial charge in [0.15, 0.2) is 0 Å². The van der Waals surface area contributed by atoms with Crippen LogP contribution >= 0.6 is 0 Å². The number of nitrogens with two attached hydrogens (primary N) is 1. The average molecular weight is 468 g/mol. The molecule has 4 aromatic rings. The number of ether oxygens (including phenoxy) is 1. The third-order valence-corrected chi connectivity index (χ3v) is 7.93. The van der Waals surface area contributed by atoms with Gasteiger partial charge in [-0.05, 0) is 59.1 Å². The summed E-state index contributed by atoms with van der Waals surface area (Å²) in [4.78, 5) is 26.3. The zero-order valence-corrected chi connectivity index (χ0v) is 19.8. The fourth-order valence-corrected chi connectivity index (χ4v) is 5.83.